The van der Waals surface area contributed by atoms with Gasteiger partial charge in [0.25, 0.3) is 0 Å². The van der Waals surface area contributed by atoms with Gasteiger partial charge in [-0.25, -0.2) is 4.79 Å². The highest BCUT2D eigenvalue weighted by molar-refractivity contribution is 5.93. The van der Waals surface area contributed by atoms with E-state index in [4.69, 9.17) is 5.11 Å². The van der Waals surface area contributed by atoms with Gasteiger partial charge in [-0.2, -0.15) is 0 Å². The van der Waals surface area contributed by atoms with Gasteiger partial charge in [0, 0.05) is 11.8 Å². The molecule has 1 aromatic carbocycles. The number of nitrogens with zero attached hydrogens (tertiary/aromatic N) is 4. The summed E-state index contributed by atoms with van der Waals surface area (Å²) in [5.41, 5.74) is 1.84. The molecule has 0 bridgehead atoms. The number of carbonyl (C=O) groups is 1. The van der Waals surface area contributed by atoms with Crippen molar-refractivity contribution in [1.82, 2.24) is 14.8 Å². The normalized spacial score (nSPS) is 12.7. The van der Waals surface area contributed by atoms with Crippen molar-refractivity contribution >= 4 is 12.2 Å². The van der Waals surface area contributed by atoms with Crippen LogP contribution in [0.3, 0.4) is 0 Å². The summed E-state index contributed by atoms with van der Waals surface area (Å²) in [6.45, 7) is 0.442. The molecule has 0 aliphatic carbocycles. The van der Waals surface area contributed by atoms with Crippen LogP contribution in [-0.4, -0.2) is 32.1 Å². The Morgan fingerprint density at radius 3 is 3.12 bits per heavy atom. The minimum absolute atomic E-state index is 0.242. The topological polar surface area (TPSA) is 80.4 Å². The Balaban J connectivity index is 2.23. The number of rotatable bonds is 1. The van der Waals surface area contributed by atoms with Gasteiger partial charge >= 0.3 is 5.97 Å². The molecule has 17 heavy (non-hydrogen) atoms. The van der Waals surface area contributed by atoms with Crippen molar-refractivity contribution in [3.05, 3.63) is 41.5 Å². The number of carboxylic acid groups (broad SMARTS) is 1. The predicted molar refractivity (Wildman–Crippen MR) is 59.6 cm³/mol. The molecule has 1 aliphatic heterocycles. The van der Waals surface area contributed by atoms with Crippen molar-refractivity contribution in [2.45, 2.75) is 6.54 Å². The first-order valence-corrected chi connectivity index (χ1v) is 5.02. The summed E-state index contributed by atoms with van der Waals surface area (Å²) in [6.07, 6.45) is 3.26. The number of hydrogen-bond acceptors (Lipinski definition) is 4. The highest BCUT2D eigenvalue weighted by Gasteiger charge is 2.14. The molecule has 2 heterocycles. The maximum atomic E-state index is 10.9. The van der Waals surface area contributed by atoms with Gasteiger partial charge in [-0.05, 0) is 18.2 Å². The third-order valence-corrected chi connectivity index (χ3v) is 2.62. The molecule has 0 radical (unpaired) electrons. The van der Waals surface area contributed by atoms with Gasteiger partial charge in [-0.15, -0.1) is 10.2 Å². The smallest absolute Gasteiger partial charge is 0.335 e. The largest absolute Gasteiger partial charge is 0.478 e. The molecule has 84 valence electrons. The fourth-order valence-corrected chi connectivity index (χ4v) is 1.80. The highest BCUT2D eigenvalue weighted by Crippen LogP contribution is 2.19. The summed E-state index contributed by atoms with van der Waals surface area (Å²) < 4.78 is 1.81. The number of hydrogen-bond donors (Lipinski definition) is 1. The zero-order valence-electron chi connectivity index (χ0n) is 8.74. The molecule has 1 aliphatic rings. The van der Waals surface area contributed by atoms with Crippen LogP contribution in [0.4, 0.5) is 0 Å². The molecule has 0 fully saturated rings. The molecule has 0 spiro atoms. The molecular formula is C11H8N4O2. The Morgan fingerprint density at radius 1 is 1.41 bits per heavy atom. The molecule has 0 amide bonds. The summed E-state index contributed by atoms with van der Waals surface area (Å²) >= 11 is 0. The van der Waals surface area contributed by atoms with Crippen molar-refractivity contribution < 1.29 is 9.90 Å². The van der Waals surface area contributed by atoms with Gasteiger partial charge in [0.15, 0.2) is 5.82 Å². The Bertz CT molecular complexity index is 630. The van der Waals surface area contributed by atoms with Crippen LogP contribution in [-0.2, 0) is 6.54 Å². The van der Waals surface area contributed by atoms with Crippen molar-refractivity contribution in [3.63, 3.8) is 0 Å². The van der Waals surface area contributed by atoms with Gasteiger partial charge < -0.3 is 5.11 Å². The summed E-state index contributed by atoms with van der Waals surface area (Å²) in [7, 11) is 0. The number of aromatic carboxylic acids is 1. The van der Waals surface area contributed by atoms with E-state index in [0.717, 1.165) is 17.1 Å². The molecule has 1 aromatic heterocycles. The minimum Gasteiger partial charge on any atom is -0.478 e. The molecule has 0 saturated heterocycles. The van der Waals surface area contributed by atoms with Crippen LogP contribution in [0.1, 0.15) is 21.7 Å². The van der Waals surface area contributed by atoms with Gasteiger partial charge in [0.05, 0.1) is 17.8 Å². The fourth-order valence-electron chi connectivity index (χ4n) is 1.80. The molecule has 0 atom stereocenters. The molecular weight excluding hydrogens is 220 g/mol. The van der Waals surface area contributed by atoms with Gasteiger partial charge in [-0.1, -0.05) is 0 Å². The van der Waals surface area contributed by atoms with E-state index in [2.05, 4.69) is 15.2 Å². The lowest BCUT2D eigenvalue weighted by Crippen LogP contribution is -2.03. The van der Waals surface area contributed by atoms with Gasteiger partial charge in [-0.3, -0.25) is 9.56 Å². The van der Waals surface area contributed by atoms with Crippen LogP contribution in [0.25, 0.3) is 5.69 Å². The first-order valence-electron chi connectivity index (χ1n) is 5.02. The molecule has 0 unspecified atom stereocenters. The van der Waals surface area contributed by atoms with E-state index in [1.807, 2.05) is 4.57 Å². The van der Waals surface area contributed by atoms with Crippen LogP contribution < -0.4 is 0 Å². The third-order valence-electron chi connectivity index (χ3n) is 2.62. The lowest BCUT2D eigenvalue weighted by Gasteiger charge is -2.06. The van der Waals surface area contributed by atoms with Crippen LogP contribution >= 0.6 is 0 Å². The van der Waals surface area contributed by atoms with E-state index in [-0.39, 0.29) is 5.56 Å². The average Bonchev–Trinajstić information content (AvgIpc) is 2.71. The predicted octanol–water partition coefficient (Wildman–Crippen LogP) is 0.898. The lowest BCUT2D eigenvalue weighted by atomic mass is 10.1. The average molecular weight is 228 g/mol. The minimum atomic E-state index is -0.950. The molecule has 3 rings (SSSR count). The monoisotopic (exact) mass is 228 g/mol. The number of aromatic nitrogens is 3. The Morgan fingerprint density at radius 2 is 2.29 bits per heavy atom. The van der Waals surface area contributed by atoms with Crippen LogP contribution in [0.15, 0.2) is 29.5 Å². The Hall–Kier alpha value is -2.50. The Kier molecular flexibility index (Phi) is 2.01. The molecule has 0 saturated carbocycles. The molecule has 6 heteroatoms. The number of benzene rings is 1. The lowest BCUT2D eigenvalue weighted by molar-refractivity contribution is 0.0697. The summed E-state index contributed by atoms with van der Waals surface area (Å²) in [6, 6.07) is 4.89. The van der Waals surface area contributed by atoms with Crippen LogP contribution in [0, 0.1) is 0 Å². The highest BCUT2D eigenvalue weighted by atomic mass is 16.4. The summed E-state index contributed by atoms with van der Waals surface area (Å²) in [5.74, 6) is -0.211. The first-order chi connectivity index (χ1) is 8.25. The maximum absolute atomic E-state index is 10.9. The van der Waals surface area contributed by atoms with E-state index in [1.165, 1.54) is 0 Å². The van der Waals surface area contributed by atoms with Gasteiger partial charge in [0.2, 0.25) is 0 Å². The molecule has 6 nitrogen and oxygen atoms in total. The maximum Gasteiger partial charge on any atom is 0.335 e. The van der Waals surface area contributed by atoms with E-state index in [9.17, 15) is 4.79 Å². The van der Waals surface area contributed by atoms with Gasteiger partial charge in [0.1, 0.15) is 6.33 Å². The standard InChI is InChI=1S/C11H8N4O2/c16-11(17)7-1-2-9-8(3-7)4-12-5-10-14-13-6-15(9)10/h1-4,6H,5H2,(H,16,17). The summed E-state index contributed by atoms with van der Waals surface area (Å²) in [4.78, 5) is 15.1. The SMILES string of the molecule is O=C(O)c1ccc2c(c1)C=NCc1nncn1-2. The second-order valence-corrected chi connectivity index (χ2v) is 3.67. The number of aliphatic imine (C=N–C) groups is 1. The fraction of sp³-hybridized carbons (Fsp3) is 0.0909. The second kappa shape index (κ2) is 3.51. The van der Waals surface area contributed by atoms with E-state index < -0.39 is 5.97 Å². The second-order valence-electron chi connectivity index (χ2n) is 3.67. The Labute approximate surface area is 96.3 Å². The van der Waals surface area contributed by atoms with Crippen molar-refractivity contribution in [3.8, 4) is 5.69 Å². The van der Waals surface area contributed by atoms with E-state index in [1.54, 1.807) is 30.7 Å². The van der Waals surface area contributed by atoms with Crippen molar-refractivity contribution in [1.29, 1.82) is 0 Å². The van der Waals surface area contributed by atoms with Crippen molar-refractivity contribution in [2.24, 2.45) is 4.99 Å². The molecule has 1 N–H and O–H groups in total. The third kappa shape index (κ3) is 1.50. The van der Waals surface area contributed by atoms with Crippen LogP contribution in [0.5, 0.6) is 0 Å². The summed E-state index contributed by atoms with van der Waals surface area (Å²) in [5, 5.41) is 16.7. The quantitative estimate of drug-likeness (QED) is 0.786. The first kappa shape index (κ1) is 9.71. The van der Waals surface area contributed by atoms with Crippen molar-refractivity contribution in [2.75, 3.05) is 0 Å². The number of fused-ring (bicyclic) bond motifs is 3. The van der Waals surface area contributed by atoms with Crippen LogP contribution in [0.2, 0.25) is 0 Å². The zero-order valence-corrected chi connectivity index (χ0v) is 8.74. The number of carboxylic acids is 1. The zero-order chi connectivity index (χ0) is 11.8. The van der Waals surface area contributed by atoms with E-state index >= 15 is 0 Å². The molecule has 2 aromatic rings. The van der Waals surface area contributed by atoms with E-state index in [0.29, 0.717) is 6.54 Å².